The molecule has 6 heteroatoms. The molecule has 15 heavy (non-hydrogen) atoms. The van der Waals surface area contributed by atoms with Gasteiger partial charge >= 0.3 is 5.97 Å². The van der Waals surface area contributed by atoms with E-state index in [-0.39, 0.29) is 11.7 Å². The zero-order chi connectivity index (χ0) is 11.3. The number of carbonyl (C=O) groups excluding carboxylic acids is 1. The van der Waals surface area contributed by atoms with Gasteiger partial charge in [0, 0.05) is 0 Å². The summed E-state index contributed by atoms with van der Waals surface area (Å²) in [7, 11) is 0. The lowest BCUT2D eigenvalue weighted by Gasteiger charge is -2.20. The minimum absolute atomic E-state index is 0.0528. The highest BCUT2D eigenvalue weighted by molar-refractivity contribution is 7.80. The fraction of sp³-hybridized carbons (Fsp3) is 0.111. The number of hydroxylamine groups is 1. The predicted octanol–water partition coefficient (Wildman–Crippen LogP) is 0.153. The summed E-state index contributed by atoms with van der Waals surface area (Å²) in [6.07, 6.45) is 0. The van der Waals surface area contributed by atoms with Crippen molar-refractivity contribution < 1.29 is 9.63 Å². The molecule has 0 heterocycles. The fourth-order valence-electron chi connectivity index (χ4n) is 0.927. The van der Waals surface area contributed by atoms with Crippen LogP contribution in [0.15, 0.2) is 30.3 Å². The van der Waals surface area contributed by atoms with Gasteiger partial charge in [-0.3, -0.25) is 0 Å². The van der Waals surface area contributed by atoms with Gasteiger partial charge in [-0.05, 0) is 24.4 Å². The molecule has 0 saturated carbocycles. The molecule has 0 unspecified atom stereocenters. The van der Waals surface area contributed by atoms with Crippen molar-refractivity contribution in [2.75, 3.05) is 11.6 Å². The molecule has 0 saturated heterocycles. The second kappa shape index (κ2) is 5.28. The molecule has 0 aromatic heterocycles. The van der Waals surface area contributed by atoms with E-state index in [2.05, 4.69) is 0 Å². The molecule has 1 aromatic carbocycles. The molecule has 0 amide bonds. The lowest BCUT2D eigenvalue weighted by molar-refractivity contribution is -0.141. The number of thiocarbonyl (C=S) groups is 1. The topological polar surface area (TPSA) is 81.6 Å². The molecule has 80 valence electrons. The fourth-order valence-corrected chi connectivity index (χ4v) is 1.07. The number of nitrogens with two attached hydrogens (primary N) is 2. The number of carbonyl (C=O) groups is 1. The molecule has 0 aliphatic rings. The lowest BCUT2D eigenvalue weighted by Crippen LogP contribution is -2.39. The molecule has 4 N–H and O–H groups in total. The van der Waals surface area contributed by atoms with Gasteiger partial charge in [0.05, 0.1) is 12.2 Å². The summed E-state index contributed by atoms with van der Waals surface area (Å²) in [4.78, 5) is 15.8. The second-order valence-corrected chi connectivity index (χ2v) is 3.05. The number of nitrogens with zero attached hydrogens (tertiary/aromatic N) is 1. The number of hydrogen-bond donors (Lipinski definition) is 2. The van der Waals surface area contributed by atoms with Gasteiger partial charge < -0.3 is 16.3 Å². The average Bonchev–Trinajstić information content (AvgIpc) is 2.26. The van der Waals surface area contributed by atoms with Gasteiger partial charge in [0.15, 0.2) is 0 Å². The Hall–Kier alpha value is -1.66. The summed E-state index contributed by atoms with van der Waals surface area (Å²) in [5, 5.41) is 1.01. The van der Waals surface area contributed by atoms with Crippen molar-refractivity contribution in [3.63, 3.8) is 0 Å². The number of para-hydroxylation sites is 1. The number of anilines is 1. The molecule has 1 rings (SSSR count). The minimum atomic E-state index is -0.605. The number of rotatable bonds is 2. The van der Waals surface area contributed by atoms with E-state index in [0.717, 1.165) is 5.06 Å². The van der Waals surface area contributed by atoms with E-state index in [1.807, 2.05) is 6.07 Å². The van der Waals surface area contributed by atoms with Crippen LogP contribution in [0.5, 0.6) is 0 Å². The first-order chi connectivity index (χ1) is 7.15. The van der Waals surface area contributed by atoms with Gasteiger partial charge in [-0.2, -0.15) is 0 Å². The predicted molar refractivity (Wildman–Crippen MR) is 60.9 cm³/mol. The third-order valence-electron chi connectivity index (χ3n) is 1.55. The summed E-state index contributed by atoms with van der Waals surface area (Å²) in [5.74, 6) is -0.605. The first-order valence-electron chi connectivity index (χ1n) is 4.20. The van der Waals surface area contributed by atoms with Crippen LogP contribution in [0.1, 0.15) is 0 Å². The van der Waals surface area contributed by atoms with E-state index >= 15 is 0 Å². The maximum atomic E-state index is 11.0. The minimum Gasteiger partial charge on any atom is -0.373 e. The standard InChI is InChI=1S/C9H11N3O2S/c10-6-8(13)14-12(9(11)15)7-4-2-1-3-5-7/h1-5H,6,10H2,(H2,11,15). The van der Waals surface area contributed by atoms with Crippen LogP contribution in [-0.4, -0.2) is 17.6 Å². The quantitative estimate of drug-likeness (QED) is 0.551. The van der Waals surface area contributed by atoms with Crippen LogP contribution in [0.3, 0.4) is 0 Å². The lowest BCUT2D eigenvalue weighted by atomic mass is 10.3. The molecule has 0 radical (unpaired) electrons. The molecule has 0 atom stereocenters. The summed E-state index contributed by atoms with van der Waals surface area (Å²) >= 11 is 4.75. The summed E-state index contributed by atoms with van der Waals surface area (Å²) in [6, 6.07) is 8.80. The average molecular weight is 225 g/mol. The Morgan fingerprint density at radius 3 is 2.47 bits per heavy atom. The zero-order valence-electron chi connectivity index (χ0n) is 7.92. The van der Waals surface area contributed by atoms with E-state index in [4.69, 9.17) is 28.5 Å². The largest absolute Gasteiger partial charge is 0.373 e. The molecule has 0 bridgehead atoms. The van der Waals surface area contributed by atoms with Crippen LogP contribution in [0.4, 0.5) is 5.69 Å². The van der Waals surface area contributed by atoms with Gasteiger partial charge in [-0.1, -0.05) is 18.2 Å². The Bertz CT molecular complexity index is 356. The van der Waals surface area contributed by atoms with Crippen molar-refractivity contribution in [2.45, 2.75) is 0 Å². The van der Waals surface area contributed by atoms with Crippen LogP contribution in [0, 0.1) is 0 Å². The first kappa shape index (κ1) is 11.4. The Kier molecular flexibility index (Phi) is 4.02. The Balaban J connectivity index is 2.84. The van der Waals surface area contributed by atoms with Crippen molar-refractivity contribution in [1.29, 1.82) is 0 Å². The maximum Gasteiger partial charge on any atom is 0.346 e. The van der Waals surface area contributed by atoms with E-state index in [1.165, 1.54) is 0 Å². The highest BCUT2D eigenvalue weighted by Gasteiger charge is 2.13. The summed E-state index contributed by atoms with van der Waals surface area (Å²) < 4.78 is 0. The monoisotopic (exact) mass is 225 g/mol. The van der Waals surface area contributed by atoms with Crippen molar-refractivity contribution in [3.05, 3.63) is 30.3 Å². The molecule has 0 fully saturated rings. The van der Waals surface area contributed by atoms with E-state index in [0.29, 0.717) is 5.69 Å². The Morgan fingerprint density at radius 1 is 1.40 bits per heavy atom. The molecule has 0 aliphatic heterocycles. The Morgan fingerprint density at radius 2 is 2.00 bits per heavy atom. The highest BCUT2D eigenvalue weighted by Crippen LogP contribution is 2.13. The highest BCUT2D eigenvalue weighted by atomic mass is 32.1. The summed E-state index contributed by atoms with van der Waals surface area (Å²) in [5.41, 5.74) is 11.1. The SMILES string of the molecule is NCC(=O)ON(C(N)=S)c1ccccc1. The van der Waals surface area contributed by atoms with Gasteiger partial charge in [0.2, 0.25) is 5.11 Å². The molecule has 0 aliphatic carbocycles. The van der Waals surface area contributed by atoms with Crippen LogP contribution in [0.2, 0.25) is 0 Å². The number of hydrogen-bond acceptors (Lipinski definition) is 4. The van der Waals surface area contributed by atoms with Crippen LogP contribution in [0.25, 0.3) is 0 Å². The molecular weight excluding hydrogens is 214 g/mol. The van der Waals surface area contributed by atoms with Crippen LogP contribution < -0.4 is 16.5 Å². The van der Waals surface area contributed by atoms with E-state index in [9.17, 15) is 4.79 Å². The first-order valence-corrected chi connectivity index (χ1v) is 4.61. The third kappa shape index (κ3) is 3.19. The molecule has 0 spiro atoms. The molecular formula is C9H11N3O2S. The zero-order valence-corrected chi connectivity index (χ0v) is 8.74. The number of benzene rings is 1. The summed E-state index contributed by atoms with van der Waals surface area (Å²) in [6.45, 7) is -0.230. The third-order valence-corrected chi connectivity index (χ3v) is 1.72. The van der Waals surface area contributed by atoms with Crippen molar-refractivity contribution in [2.24, 2.45) is 11.5 Å². The van der Waals surface area contributed by atoms with Crippen molar-refractivity contribution >= 4 is 29.0 Å². The van der Waals surface area contributed by atoms with Crippen molar-refractivity contribution in [3.8, 4) is 0 Å². The second-order valence-electron chi connectivity index (χ2n) is 2.64. The maximum absolute atomic E-state index is 11.0. The van der Waals surface area contributed by atoms with Gasteiger partial charge in [0.25, 0.3) is 0 Å². The smallest absolute Gasteiger partial charge is 0.346 e. The van der Waals surface area contributed by atoms with Gasteiger partial charge in [-0.15, -0.1) is 5.06 Å². The molecule has 1 aromatic rings. The van der Waals surface area contributed by atoms with Gasteiger partial charge in [0.1, 0.15) is 0 Å². The van der Waals surface area contributed by atoms with E-state index < -0.39 is 5.97 Å². The van der Waals surface area contributed by atoms with E-state index in [1.54, 1.807) is 24.3 Å². The van der Waals surface area contributed by atoms with Crippen LogP contribution >= 0.6 is 12.2 Å². The normalized spacial score (nSPS) is 9.40. The van der Waals surface area contributed by atoms with Crippen molar-refractivity contribution in [1.82, 2.24) is 0 Å². The Labute approximate surface area is 92.6 Å². The molecule has 5 nitrogen and oxygen atoms in total. The van der Waals surface area contributed by atoms with Gasteiger partial charge in [-0.25, -0.2) is 4.79 Å². The van der Waals surface area contributed by atoms with Crippen LogP contribution in [-0.2, 0) is 9.63 Å².